The molecule has 128 valence electrons. The molecule has 8 rings (SSSR count). The third kappa shape index (κ3) is 1.29. The van der Waals surface area contributed by atoms with Gasteiger partial charge in [-0.2, -0.15) is 0 Å². The molecule has 3 aromatic heterocycles. The molecule has 0 unspecified atom stereocenters. The Hall–Kier alpha value is -3.78. The van der Waals surface area contributed by atoms with E-state index < -0.39 is 0 Å². The lowest BCUT2D eigenvalue weighted by Gasteiger charge is -2.22. The second-order valence-corrected chi connectivity index (χ2v) is 7.77. The van der Waals surface area contributed by atoms with Gasteiger partial charge in [-0.15, -0.1) is 0 Å². The van der Waals surface area contributed by atoms with E-state index in [0.29, 0.717) is 0 Å². The molecular weight excluding hydrogens is 342 g/mol. The lowest BCUT2D eigenvalue weighted by molar-refractivity contribution is 0.656. The Morgan fingerprint density at radius 1 is 0.464 bits per heavy atom. The molecule has 28 heavy (non-hydrogen) atoms. The molecule has 0 saturated carbocycles. The second kappa shape index (κ2) is 4.20. The first kappa shape index (κ1) is 13.4. The van der Waals surface area contributed by atoms with Crippen LogP contribution in [0.5, 0.6) is 0 Å². The maximum atomic E-state index is 6.45. The van der Waals surface area contributed by atoms with Crippen molar-refractivity contribution in [3.05, 3.63) is 78.9 Å². The number of benzene rings is 5. The Morgan fingerprint density at radius 3 is 1.54 bits per heavy atom. The summed E-state index contributed by atoms with van der Waals surface area (Å²) >= 11 is 0. The van der Waals surface area contributed by atoms with Crippen LogP contribution in [-0.2, 0) is 0 Å². The Kier molecular flexibility index (Phi) is 2.01. The first-order valence-electron chi connectivity index (χ1n) is 9.63. The van der Waals surface area contributed by atoms with Gasteiger partial charge in [-0.25, -0.2) is 0 Å². The quantitative estimate of drug-likeness (QED) is 0.206. The van der Waals surface area contributed by atoms with Crippen LogP contribution in [0.4, 0.5) is 0 Å². The molecule has 0 fully saturated rings. The van der Waals surface area contributed by atoms with E-state index in [9.17, 15) is 0 Å². The first-order chi connectivity index (χ1) is 13.9. The minimum Gasteiger partial charge on any atom is -0.453 e. The second-order valence-electron chi connectivity index (χ2n) is 7.77. The number of pyridine rings is 2. The predicted octanol–water partition coefficient (Wildman–Crippen LogP) is 7.33. The smallest absolute Gasteiger partial charge is 0.152 e. The van der Waals surface area contributed by atoms with Crippen molar-refractivity contribution in [1.29, 1.82) is 0 Å². The van der Waals surface area contributed by atoms with E-state index in [1.807, 2.05) is 0 Å². The SMILES string of the molecule is c1cc2ccc3oc4ccc5cccc6c7cccc8c(c1)c2c3n(c87)c4c56. The van der Waals surface area contributed by atoms with Gasteiger partial charge in [-0.3, -0.25) is 0 Å². The van der Waals surface area contributed by atoms with Gasteiger partial charge >= 0.3 is 0 Å². The van der Waals surface area contributed by atoms with Crippen LogP contribution >= 0.6 is 0 Å². The van der Waals surface area contributed by atoms with Crippen molar-refractivity contribution in [2.24, 2.45) is 0 Å². The Bertz CT molecular complexity index is 1740. The van der Waals surface area contributed by atoms with Gasteiger partial charge in [-0.1, -0.05) is 66.7 Å². The van der Waals surface area contributed by atoms with Gasteiger partial charge in [0.15, 0.2) is 11.2 Å². The van der Waals surface area contributed by atoms with Crippen molar-refractivity contribution in [1.82, 2.24) is 4.40 Å². The van der Waals surface area contributed by atoms with Crippen molar-refractivity contribution in [3.63, 3.8) is 0 Å². The molecule has 0 aliphatic heterocycles. The zero-order valence-corrected chi connectivity index (χ0v) is 14.9. The number of para-hydroxylation sites is 1. The summed E-state index contributed by atoms with van der Waals surface area (Å²) in [6, 6.07) is 28.5. The zero-order valence-electron chi connectivity index (χ0n) is 14.9. The molecule has 8 aromatic rings. The van der Waals surface area contributed by atoms with Crippen LogP contribution in [-0.4, -0.2) is 4.40 Å². The van der Waals surface area contributed by atoms with Crippen molar-refractivity contribution in [3.8, 4) is 0 Å². The number of hydrogen-bond acceptors (Lipinski definition) is 1. The third-order valence-electron chi connectivity index (χ3n) is 6.47. The normalized spacial score (nSPS) is 13.0. The first-order valence-corrected chi connectivity index (χ1v) is 9.63. The van der Waals surface area contributed by atoms with E-state index in [-0.39, 0.29) is 0 Å². The van der Waals surface area contributed by atoms with Crippen molar-refractivity contribution >= 4 is 70.8 Å². The van der Waals surface area contributed by atoms with Crippen molar-refractivity contribution in [2.75, 3.05) is 0 Å². The zero-order chi connectivity index (χ0) is 18.0. The topological polar surface area (TPSA) is 17.6 Å². The van der Waals surface area contributed by atoms with E-state index in [1.54, 1.807) is 0 Å². The summed E-state index contributed by atoms with van der Waals surface area (Å²) in [6.07, 6.45) is 0. The summed E-state index contributed by atoms with van der Waals surface area (Å²) in [5.41, 5.74) is 5.52. The number of aromatic nitrogens is 1. The number of nitrogens with zero attached hydrogens (tertiary/aromatic N) is 1. The maximum absolute atomic E-state index is 6.45. The fourth-order valence-corrected chi connectivity index (χ4v) is 5.41. The van der Waals surface area contributed by atoms with Gasteiger partial charge in [0.25, 0.3) is 0 Å². The molecule has 0 bridgehead atoms. The van der Waals surface area contributed by atoms with Gasteiger partial charge in [0, 0.05) is 21.5 Å². The Balaban J connectivity index is 1.96. The highest BCUT2D eigenvalue weighted by Gasteiger charge is 2.22. The maximum Gasteiger partial charge on any atom is 0.152 e. The average molecular weight is 355 g/mol. The lowest BCUT2D eigenvalue weighted by atomic mass is 9.93. The Morgan fingerprint density at radius 2 is 0.964 bits per heavy atom. The molecule has 0 aliphatic rings. The van der Waals surface area contributed by atoms with E-state index >= 15 is 0 Å². The van der Waals surface area contributed by atoms with Gasteiger partial charge in [0.05, 0.1) is 16.6 Å². The molecule has 0 aliphatic carbocycles. The van der Waals surface area contributed by atoms with Crippen LogP contribution in [0, 0.1) is 0 Å². The van der Waals surface area contributed by atoms with Gasteiger partial charge in [0.2, 0.25) is 0 Å². The Labute approximate surface area is 158 Å². The molecule has 0 atom stereocenters. The van der Waals surface area contributed by atoms with Crippen LogP contribution in [0.25, 0.3) is 70.8 Å². The molecule has 2 heteroatoms. The highest BCUT2D eigenvalue weighted by atomic mass is 16.3. The highest BCUT2D eigenvalue weighted by molar-refractivity contribution is 6.32. The minimum atomic E-state index is 0.937. The fourth-order valence-electron chi connectivity index (χ4n) is 5.41. The summed E-state index contributed by atoms with van der Waals surface area (Å²) in [6.45, 7) is 0. The fraction of sp³-hybridized carbons (Fsp3) is 0. The van der Waals surface area contributed by atoms with Crippen LogP contribution in [0.3, 0.4) is 0 Å². The van der Waals surface area contributed by atoms with E-state index in [4.69, 9.17) is 4.42 Å². The summed E-state index contributed by atoms with van der Waals surface area (Å²) in [7, 11) is 0. The molecule has 0 amide bonds. The van der Waals surface area contributed by atoms with Gasteiger partial charge < -0.3 is 8.82 Å². The van der Waals surface area contributed by atoms with Crippen LogP contribution in [0.1, 0.15) is 0 Å². The van der Waals surface area contributed by atoms with Crippen LogP contribution in [0.15, 0.2) is 83.3 Å². The number of hydrogen-bond donors (Lipinski definition) is 0. The molecule has 0 spiro atoms. The third-order valence-corrected chi connectivity index (χ3v) is 6.47. The summed E-state index contributed by atoms with van der Waals surface area (Å²) in [4.78, 5) is 0. The standard InChI is InChI=1S/C26H13NO/c1-4-14-10-12-20-25-22(14)16(6-1)18-8-3-9-19-17-7-2-5-15-11-13-21(28-20)26(23(15)17)27(25)24(18)19/h1-13H. The highest BCUT2D eigenvalue weighted by Crippen LogP contribution is 2.44. The monoisotopic (exact) mass is 355 g/mol. The largest absolute Gasteiger partial charge is 0.453 e. The molecule has 0 saturated heterocycles. The van der Waals surface area contributed by atoms with Crippen molar-refractivity contribution in [2.45, 2.75) is 0 Å². The molecule has 0 radical (unpaired) electrons. The van der Waals surface area contributed by atoms with Crippen LogP contribution < -0.4 is 0 Å². The predicted molar refractivity (Wildman–Crippen MR) is 117 cm³/mol. The minimum absolute atomic E-state index is 0.937. The van der Waals surface area contributed by atoms with Crippen molar-refractivity contribution < 1.29 is 4.42 Å². The summed E-state index contributed by atoms with van der Waals surface area (Å²) < 4.78 is 8.91. The molecule has 3 heterocycles. The molecule has 5 aromatic carbocycles. The lowest BCUT2D eigenvalue weighted by Crippen LogP contribution is -2.02. The average Bonchev–Trinajstić information content (AvgIpc) is 2.76. The number of fused-ring (bicyclic) bond motifs is 2. The number of rotatable bonds is 0. The molecule has 2 nitrogen and oxygen atoms in total. The van der Waals surface area contributed by atoms with Gasteiger partial charge in [-0.05, 0) is 33.7 Å². The summed E-state index contributed by atoms with van der Waals surface area (Å²) in [5, 5.41) is 10.3. The van der Waals surface area contributed by atoms with Crippen LogP contribution in [0.2, 0.25) is 0 Å². The van der Waals surface area contributed by atoms with Gasteiger partial charge in [0.1, 0.15) is 0 Å². The molecular formula is C26H13NO. The molecule has 0 N–H and O–H groups in total. The van der Waals surface area contributed by atoms with E-state index in [2.05, 4.69) is 83.3 Å². The summed E-state index contributed by atoms with van der Waals surface area (Å²) in [5.74, 6) is 0. The van der Waals surface area contributed by atoms with E-state index in [0.717, 1.165) is 11.2 Å². The van der Waals surface area contributed by atoms with E-state index in [1.165, 1.54) is 59.6 Å².